The second kappa shape index (κ2) is 6.17. The average Bonchev–Trinajstić information content (AvgIpc) is 2.56. The summed E-state index contributed by atoms with van der Waals surface area (Å²) in [7, 11) is 0. The number of nitriles is 1. The standard InChI is InChI=1S/C18H15N3/c19-10-18(21-11-14-6-2-1-3-7-14)17-13-20-12-15-8-4-5-9-16(15)17/h1-9,12-13,18,21H,11H2. The van der Waals surface area contributed by atoms with Crippen LogP contribution in [0.25, 0.3) is 10.8 Å². The first-order chi connectivity index (χ1) is 10.4. The highest BCUT2D eigenvalue weighted by Gasteiger charge is 2.13. The van der Waals surface area contributed by atoms with E-state index in [9.17, 15) is 5.26 Å². The summed E-state index contributed by atoms with van der Waals surface area (Å²) in [6, 6.07) is 20.0. The SMILES string of the molecule is N#CC(NCc1ccccc1)c1cncc2ccccc12. The molecule has 0 bridgehead atoms. The molecule has 1 N–H and O–H groups in total. The van der Waals surface area contributed by atoms with Crippen molar-refractivity contribution in [2.24, 2.45) is 0 Å². The van der Waals surface area contributed by atoms with Crippen molar-refractivity contribution in [3.8, 4) is 6.07 Å². The van der Waals surface area contributed by atoms with Gasteiger partial charge in [-0.3, -0.25) is 10.3 Å². The molecule has 0 aliphatic rings. The summed E-state index contributed by atoms with van der Waals surface area (Å²) in [4.78, 5) is 4.25. The predicted octanol–water partition coefficient (Wildman–Crippen LogP) is 3.59. The van der Waals surface area contributed by atoms with Crippen molar-refractivity contribution in [2.75, 3.05) is 0 Å². The normalized spacial score (nSPS) is 12.0. The molecule has 0 aliphatic carbocycles. The highest BCUT2D eigenvalue weighted by molar-refractivity contribution is 5.85. The first kappa shape index (κ1) is 13.3. The molecule has 0 amide bonds. The quantitative estimate of drug-likeness (QED) is 0.790. The number of aromatic nitrogens is 1. The van der Waals surface area contributed by atoms with Gasteiger partial charge >= 0.3 is 0 Å². The van der Waals surface area contributed by atoms with Gasteiger partial charge in [0.05, 0.1) is 6.07 Å². The third-order valence-electron chi connectivity index (χ3n) is 3.49. The smallest absolute Gasteiger partial charge is 0.123 e. The second-order valence-electron chi connectivity index (χ2n) is 4.88. The number of fused-ring (bicyclic) bond motifs is 1. The number of hydrogen-bond acceptors (Lipinski definition) is 3. The summed E-state index contributed by atoms with van der Waals surface area (Å²) in [5, 5.41) is 14.9. The lowest BCUT2D eigenvalue weighted by Gasteiger charge is -2.14. The molecule has 3 heteroatoms. The van der Waals surface area contributed by atoms with Crippen LogP contribution in [-0.4, -0.2) is 4.98 Å². The van der Waals surface area contributed by atoms with E-state index in [-0.39, 0.29) is 6.04 Å². The number of rotatable bonds is 4. The molecule has 3 nitrogen and oxygen atoms in total. The van der Waals surface area contributed by atoms with Crippen LogP contribution in [0, 0.1) is 11.3 Å². The maximum Gasteiger partial charge on any atom is 0.123 e. The van der Waals surface area contributed by atoms with Gasteiger partial charge in [0.15, 0.2) is 0 Å². The number of hydrogen-bond donors (Lipinski definition) is 1. The summed E-state index contributed by atoms with van der Waals surface area (Å²) < 4.78 is 0. The molecule has 1 aromatic heterocycles. The summed E-state index contributed by atoms with van der Waals surface area (Å²) in [6.07, 6.45) is 3.60. The van der Waals surface area contributed by atoms with Crippen molar-refractivity contribution in [1.29, 1.82) is 5.26 Å². The van der Waals surface area contributed by atoms with Crippen molar-refractivity contribution < 1.29 is 0 Å². The Hall–Kier alpha value is -2.70. The van der Waals surface area contributed by atoms with Crippen molar-refractivity contribution in [1.82, 2.24) is 10.3 Å². The van der Waals surface area contributed by atoms with Crippen LogP contribution in [0.15, 0.2) is 67.0 Å². The van der Waals surface area contributed by atoms with Crippen molar-refractivity contribution in [3.05, 3.63) is 78.1 Å². The number of benzene rings is 2. The summed E-state index contributed by atoms with van der Waals surface area (Å²) in [5.74, 6) is 0. The molecular weight excluding hydrogens is 258 g/mol. The number of nitrogens with zero attached hydrogens (tertiary/aromatic N) is 2. The number of pyridine rings is 1. The molecule has 0 fully saturated rings. The van der Waals surface area contributed by atoms with Crippen LogP contribution in [0.5, 0.6) is 0 Å². The van der Waals surface area contributed by atoms with Crippen molar-refractivity contribution in [3.63, 3.8) is 0 Å². The van der Waals surface area contributed by atoms with Gasteiger partial charge in [0.2, 0.25) is 0 Å². The van der Waals surface area contributed by atoms with Gasteiger partial charge in [-0.15, -0.1) is 0 Å². The Kier molecular flexibility index (Phi) is 3.90. The average molecular weight is 273 g/mol. The van der Waals surface area contributed by atoms with E-state index < -0.39 is 0 Å². The van der Waals surface area contributed by atoms with Crippen LogP contribution in [0.4, 0.5) is 0 Å². The van der Waals surface area contributed by atoms with Gasteiger partial charge in [-0.05, 0) is 10.9 Å². The molecule has 3 rings (SSSR count). The predicted molar refractivity (Wildman–Crippen MR) is 83.4 cm³/mol. The fourth-order valence-corrected chi connectivity index (χ4v) is 2.41. The van der Waals surface area contributed by atoms with E-state index in [1.54, 1.807) is 6.20 Å². The molecule has 0 saturated heterocycles. The molecule has 0 spiro atoms. The maximum atomic E-state index is 9.48. The topological polar surface area (TPSA) is 48.7 Å². The van der Waals surface area contributed by atoms with E-state index in [2.05, 4.69) is 16.4 Å². The fraction of sp³-hybridized carbons (Fsp3) is 0.111. The molecule has 3 aromatic rings. The minimum absolute atomic E-state index is 0.371. The highest BCUT2D eigenvalue weighted by atomic mass is 14.9. The van der Waals surface area contributed by atoms with E-state index in [1.807, 2.05) is 60.8 Å². The molecule has 0 saturated carbocycles. The summed E-state index contributed by atoms with van der Waals surface area (Å²) >= 11 is 0. The first-order valence-corrected chi connectivity index (χ1v) is 6.88. The lowest BCUT2D eigenvalue weighted by atomic mass is 10.0. The van der Waals surface area contributed by atoms with Crippen LogP contribution in [-0.2, 0) is 6.54 Å². The molecule has 0 radical (unpaired) electrons. The van der Waals surface area contributed by atoms with Crippen molar-refractivity contribution >= 4 is 10.8 Å². The zero-order valence-corrected chi connectivity index (χ0v) is 11.5. The third kappa shape index (κ3) is 2.91. The Balaban J connectivity index is 1.87. The van der Waals surface area contributed by atoms with E-state index in [0.29, 0.717) is 6.54 Å². The third-order valence-corrected chi connectivity index (χ3v) is 3.49. The second-order valence-corrected chi connectivity index (χ2v) is 4.88. The lowest BCUT2D eigenvalue weighted by Crippen LogP contribution is -2.19. The molecule has 1 atom stereocenters. The zero-order chi connectivity index (χ0) is 14.5. The molecule has 102 valence electrons. The molecule has 1 unspecified atom stereocenters. The Morgan fingerprint density at radius 3 is 2.57 bits per heavy atom. The van der Waals surface area contributed by atoms with Gasteiger partial charge in [-0.2, -0.15) is 5.26 Å². The van der Waals surface area contributed by atoms with Gasteiger partial charge in [0.25, 0.3) is 0 Å². The van der Waals surface area contributed by atoms with E-state index in [0.717, 1.165) is 21.9 Å². The summed E-state index contributed by atoms with van der Waals surface area (Å²) in [6.45, 7) is 0.655. The minimum atomic E-state index is -0.371. The van der Waals surface area contributed by atoms with Gasteiger partial charge in [0.1, 0.15) is 6.04 Å². The van der Waals surface area contributed by atoms with Crippen LogP contribution in [0.1, 0.15) is 17.2 Å². The van der Waals surface area contributed by atoms with Crippen molar-refractivity contribution in [2.45, 2.75) is 12.6 Å². The van der Waals surface area contributed by atoms with Gasteiger partial charge in [-0.25, -0.2) is 0 Å². The van der Waals surface area contributed by atoms with E-state index in [4.69, 9.17) is 0 Å². The minimum Gasteiger partial charge on any atom is -0.294 e. The zero-order valence-electron chi connectivity index (χ0n) is 11.5. The molecule has 2 aromatic carbocycles. The van der Waals surface area contributed by atoms with Gasteiger partial charge in [-0.1, -0.05) is 54.6 Å². The van der Waals surface area contributed by atoms with Crippen LogP contribution < -0.4 is 5.32 Å². The van der Waals surface area contributed by atoms with Crippen LogP contribution >= 0.6 is 0 Å². The van der Waals surface area contributed by atoms with E-state index >= 15 is 0 Å². The lowest BCUT2D eigenvalue weighted by molar-refractivity contribution is 0.632. The summed E-state index contributed by atoms with van der Waals surface area (Å²) in [5.41, 5.74) is 2.08. The Morgan fingerprint density at radius 1 is 1.00 bits per heavy atom. The molecular formula is C18H15N3. The van der Waals surface area contributed by atoms with Crippen LogP contribution in [0.3, 0.4) is 0 Å². The molecule has 0 aliphatic heterocycles. The monoisotopic (exact) mass is 273 g/mol. The van der Waals surface area contributed by atoms with Gasteiger partial charge in [0, 0.05) is 29.9 Å². The largest absolute Gasteiger partial charge is 0.294 e. The fourth-order valence-electron chi connectivity index (χ4n) is 2.41. The molecule has 1 heterocycles. The Morgan fingerprint density at radius 2 is 1.76 bits per heavy atom. The van der Waals surface area contributed by atoms with Gasteiger partial charge < -0.3 is 0 Å². The molecule has 21 heavy (non-hydrogen) atoms. The Labute approximate surface area is 123 Å². The van der Waals surface area contributed by atoms with E-state index in [1.165, 1.54) is 0 Å². The number of nitrogens with one attached hydrogen (secondary N) is 1. The highest BCUT2D eigenvalue weighted by Crippen LogP contribution is 2.23. The van der Waals surface area contributed by atoms with Crippen LogP contribution in [0.2, 0.25) is 0 Å². The first-order valence-electron chi connectivity index (χ1n) is 6.88. The maximum absolute atomic E-state index is 9.48. The Bertz CT molecular complexity index is 770.